The lowest BCUT2D eigenvalue weighted by Crippen LogP contribution is -2.62. The number of amides is 2. The molecule has 26 heavy (non-hydrogen) atoms. The summed E-state index contributed by atoms with van der Waals surface area (Å²) in [5.74, 6) is -5.01. The van der Waals surface area contributed by atoms with Crippen molar-refractivity contribution in [2.45, 2.75) is 11.6 Å². The van der Waals surface area contributed by atoms with Gasteiger partial charge in [0.05, 0.1) is 6.07 Å². The molecule has 1 saturated heterocycles. The van der Waals surface area contributed by atoms with E-state index in [1.54, 1.807) is 54.6 Å². The first-order valence-electron chi connectivity index (χ1n) is 7.93. The highest BCUT2D eigenvalue weighted by atomic mass is 35.5. The smallest absolute Gasteiger partial charge is 0.235 e. The van der Waals surface area contributed by atoms with Crippen LogP contribution < -0.4 is 11.1 Å². The number of primary amides is 1. The molecule has 1 aliphatic heterocycles. The molecule has 4 atom stereocenters. The number of nitrogens with one attached hydrogen (secondary N) is 1. The van der Waals surface area contributed by atoms with Gasteiger partial charge in [-0.25, -0.2) is 0 Å². The Morgan fingerprint density at radius 2 is 1.92 bits per heavy atom. The van der Waals surface area contributed by atoms with E-state index < -0.39 is 35.3 Å². The van der Waals surface area contributed by atoms with Gasteiger partial charge < -0.3 is 16.2 Å². The standard InChI is InChI=1S/C19H16ClN3O3/c20-13-8-4-5-11(9-13)15-14(10-21)19(26,12-6-2-1-3-7-12)23-18(25)16(15)17(22)24/h1-9,14-16,26H,(H2,22,24)(H,23,25). The zero-order chi connectivity index (χ0) is 18.9. The Labute approximate surface area is 155 Å². The number of nitrogens with zero attached hydrogens (tertiary/aromatic N) is 1. The van der Waals surface area contributed by atoms with Crippen LogP contribution >= 0.6 is 11.6 Å². The van der Waals surface area contributed by atoms with Crippen LogP contribution in [0.2, 0.25) is 5.02 Å². The second-order valence-electron chi connectivity index (χ2n) is 6.19. The van der Waals surface area contributed by atoms with Crippen LogP contribution in [0.25, 0.3) is 0 Å². The maximum absolute atomic E-state index is 12.6. The molecule has 4 unspecified atom stereocenters. The minimum absolute atomic E-state index is 0.342. The summed E-state index contributed by atoms with van der Waals surface area (Å²) in [5.41, 5.74) is 4.30. The lowest BCUT2D eigenvalue weighted by atomic mass is 9.67. The SMILES string of the molecule is N#CC1C(c2cccc(Cl)c2)C(C(N)=O)C(=O)NC1(O)c1ccccc1. The number of rotatable bonds is 3. The van der Waals surface area contributed by atoms with Crippen molar-refractivity contribution in [1.82, 2.24) is 5.32 Å². The van der Waals surface area contributed by atoms with Crippen molar-refractivity contribution in [3.05, 3.63) is 70.7 Å². The molecule has 7 heteroatoms. The summed E-state index contributed by atoms with van der Waals surface area (Å²) in [6, 6.07) is 16.9. The van der Waals surface area contributed by atoms with E-state index in [9.17, 15) is 20.0 Å². The average molecular weight is 370 g/mol. The van der Waals surface area contributed by atoms with Crippen LogP contribution in [-0.2, 0) is 15.3 Å². The fourth-order valence-corrected chi connectivity index (χ4v) is 3.68. The summed E-state index contributed by atoms with van der Waals surface area (Å²) >= 11 is 6.04. The molecule has 0 bridgehead atoms. The number of nitriles is 1. The van der Waals surface area contributed by atoms with Crippen LogP contribution in [0.15, 0.2) is 54.6 Å². The fourth-order valence-electron chi connectivity index (χ4n) is 3.48. The molecule has 0 aromatic heterocycles. The number of benzene rings is 2. The number of aliphatic hydroxyl groups is 1. The van der Waals surface area contributed by atoms with Gasteiger partial charge in [0.15, 0.2) is 5.72 Å². The van der Waals surface area contributed by atoms with Crippen LogP contribution in [0.4, 0.5) is 0 Å². The van der Waals surface area contributed by atoms with Gasteiger partial charge >= 0.3 is 0 Å². The molecule has 0 aliphatic carbocycles. The lowest BCUT2D eigenvalue weighted by Gasteiger charge is -2.44. The van der Waals surface area contributed by atoms with E-state index in [4.69, 9.17) is 17.3 Å². The average Bonchev–Trinajstić information content (AvgIpc) is 2.61. The number of carbonyl (C=O) groups excluding carboxylic acids is 2. The van der Waals surface area contributed by atoms with Crippen molar-refractivity contribution in [1.29, 1.82) is 5.26 Å². The van der Waals surface area contributed by atoms with Gasteiger partial charge in [0, 0.05) is 16.5 Å². The van der Waals surface area contributed by atoms with Gasteiger partial charge in [-0.2, -0.15) is 5.26 Å². The first-order valence-corrected chi connectivity index (χ1v) is 8.30. The van der Waals surface area contributed by atoms with E-state index in [0.717, 1.165) is 0 Å². The predicted molar refractivity (Wildman–Crippen MR) is 94.5 cm³/mol. The Bertz CT molecular complexity index is 896. The van der Waals surface area contributed by atoms with E-state index in [2.05, 4.69) is 11.4 Å². The molecule has 1 heterocycles. The summed E-state index contributed by atoms with van der Waals surface area (Å²) in [7, 11) is 0. The molecule has 4 N–H and O–H groups in total. The molecule has 2 amide bonds. The minimum atomic E-state index is -1.97. The van der Waals surface area contributed by atoms with Crippen molar-refractivity contribution >= 4 is 23.4 Å². The van der Waals surface area contributed by atoms with Crippen molar-refractivity contribution in [2.24, 2.45) is 17.6 Å². The minimum Gasteiger partial charge on any atom is -0.369 e. The van der Waals surface area contributed by atoms with Crippen LogP contribution in [0, 0.1) is 23.2 Å². The molecule has 0 spiro atoms. The topological polar surface area (TPSA) is 116 Å². The van der Waals surface area contributed by atoms with Gasteiger partial charge in [-0.05, 0) is 17.7 Å². The molecule has 2 aromatic carbocycles. The first-order chi connectivity index (χ1) is 12.4. The lowest BCUT2D eigenvalue weighted by molar-refractivity contribution is -0.153. The van der Waals surface area contributed by atoms with E-state index in [1.165, 1.54) is 0 Å². The third-order valence-corrected chi connectivity index (χ3v) is 4.89. The number of piperidine rings is 1. The molecule has 3 rings (SSSR count). The van der Waals surface area contributed by atoms with E-state index in [-0.39, 0.29) is 0 Å². The van der Waals surface area contributed by atoms with Crippen molar-refractivity contribution < 1.29 is 14.7 Å². The van der Waals surface area contributed by atoms with Crippen molar-refractivity contribution in [3.63, 3.8) is 0 Å². The molecule has 1 fully saturated rings. The Morgan fingerprint density at radius 1 is 1.23 bits per heavy atom. The number of carbonyl (C=O) groups is 2. The van der Waals surface area contributed by atoms with E-state index in [1.807, 2.05) is 0 Å². The highest BCUT2D eigenvalue weighted by Crippen LogP contribution is 2.45. The second kappa shape index (κ2) is 6.79. The summed E-state index contributed by atoms with van der Waals surface area (Å²) in [6.45, 7) is 0. The highest BCUT2D eigenvalue weighted by Gasteiger charge is 2.55. The predicted octanol–water partition coefficient (Wildman–Crippen LogP) is 1.64. The molecule has 1 aliphatic rings. The second-order valence-corrected chi connectivity index (χ2v) is 6.63. The largest absolute Gasteiger partial charge is 0.369 e. The molecule has 0 saturated carbocycles. The zero-order valence-corrected chi connectivity index (χ0v) is 14.4. The number of hydrogen-bond acceptors (Lipinski definition) is 4. The molecule has 0 radical (unpaired) electrons. The number of hydrogen-bond donors (Lipinski definition) is 3. The normalized spacial score (nSPS) is 28.0. The zero-order valence-electron chi connectivity index (χ0n) is 13.6. The molecular weight excluding hydrogens is 354 g/mol. The first kappa shape index (κ1) is 17.9. The number of nitrogens with two attached hydrogens (primary N) is 1. The maximum Gasteiger partial charge on any atom is 0.235 e. The molecule has 2 aromatic rings. The van der Waals surface area contributed by atoms with Gasteiger partial charge in [0.1, 0.15) is 11.8 Å². The van der Waals surface area contributed by atoms with E-state index in [0.29, 0.717) is 16.1 Å². The van der Waals surface area contributed by atoms with Gasteiger partial charge in [0.25, 0.3) is 0 Å². The third kappa shape index (κ3) is 2.92. The molecule has 132 valence electrons. The summed E-state index contributed by atoms with van der Waals surface area (Å²) in [6.07, 6.45) is 0. The molecule has 6 nitrogen and oxygen atoms in total. The number of halogens is 1. The van der Waals surface area contributed by atoms with Crippen LogP contribution in [-0.4, -0.2) is 16.9 Å². The maximum atomic E-state index is 12.6. The highest BCUT2D eigenvalue weighted by molar-refractivity contribution is 6.30. The summed E-state index contributed by atoms with van der Waals surface area (Å²) in [4.78, 5) is 24.6. The summed E-state index contributed by atoms with van der Waals surface area (Å²) in [5, 5.41) is 23.9. The van der Waals surface area contributed by atoms with Crippen LogP contribution in [0.5, 0.6) is 0 Å². The molecular formula is C19H16ClN3O3. The third-order valence-electron chi connectivity index (χ3n) is 4.66. The quantitative estimate of drug-likeness (QED) is 0.713. The Kier molecular flexibility index (Phi) is 4.68. The van der Waals surface area contributed by atoms with Gasteiger partial charge in [-0.3, -0.25) is 9.59 Å². The van der Waals surface area contributed by atoms with Gasteiger partial charge in [-0.15, -0.1) is 0 Å². The van der Waals surface area contributed by atoms with E-state index >= 15 is 0 Å². The Hall–Kier alpha value is -2.88. The summed E-state index contributed by atoms with van der Waals surface area (Å²) < 4.78 is 0. The monoisotopic (exact) mass is 369 g/mol. The van der Waals surface area contributed by atoms with Gasteiger partial charge in [0.2, 0.25) is 11.8 Å². The van der Waals surface area contributed by atoms with Gasteiger partial charge in [-0.1, -0.05) is 54.1 Å². The van der Waals surface area contributed by atoms with Crippen LogP contribution in [0.3, 0.4) is 0 Å². The van der Waals surface area contributed by atoms with Crippen molar-refractivity contribution in [2.75, 3.05) is 0 Å². The van der Waals surface area contributed by atoms with Crippen LogP contribution in [0.1, 0.15) is 17.0 Å². The van der Waals surface area contributed by atoms with Crippen molar-refractivity contribution in [3.8, 4) is 6.07 Å². The Balaban J connectivity index is 2.20. The Morgan fingerprint density at radius 3 is 2.50 bits per heavy atom. The fraction of sp³-hybridized carbons (Fsp3) is 0.211.